The minimum atomic E-state index is -0.399. The van der Waals surface area contributed by atoms with Gasteiger partial charge in [-0.05, 0) is 24.9 Å². The number of hydrogen-bond acceptors (Lipinski definition) is 3. The summed E-state index contributed by atoms with van der Waals surface area (Å²) in [6.45, 7) is 4.99. The van der Waals surface area contributed by atoms with Crippen molar-refractivity contribution >= 4 is 11.7 Å². The van der Waals surface area contributed by atoms with Crippen molar-refractivity contribution in [1.82, 2.24) is 10.2 Å². The molecule has 0 unspecified atom stereocenters. The minimum absolute atomic E-state index is 0.382. The predicted molar refractivity (Wildman–Crippen MR) is 74.2 cm³/mol. The van der Waals surface area contributed by atoms with Crippen LogP contribution >= 0.6 is 0 Å². The molecule has 4 nitrogen and oxygen atoms in total. The lowest BCUT2D eigenvalue weighted by molar-refractivity contribution is -0.126. The molecule has 102 valence electrons. The lowest BCUT2D eigenvalue weighted by Crippen LogP contribution is -2.38. The molecule has 1 aromatic rings. The zero-order valence-electron chi connectivity index (χ0n) is 11.3. The maximum absolute atomic E-state index is 12.2. The van der Waals surface area contributed by atoms with E-state index in [0.29, 0.717) is 18.7 Å². The number of rotatable bonds is 3. The van der Waals surface area contributed by atoms with Crippen LogP contribution in [-0.4, -0.2) is 42.8 Å². The van der Waals surface area contributed by atoms with Crippen molar-refractivity contribution in [3.63, 3.8) is 0 Å². The molecule has 19 heavy (non-hydrogen) atoms. The Hall–Kier alpha value is -1.68. The number of carbonyl (C=O) groups excluding carboxylic acids is 2. The van der Waals surface area contributed by atoms with Gasteiger partial charge in [0.25, 0.3) is 5.91 Å². The summed E-state index contributed by atoms with van der Waals surface area (Å²) in [5, 5.41) is 3.22. The van der Waals surface area contributed by atoms with Gasteiger partial charge in [-0.1, -0.05) is 31.2 Å². The van der Waals surface area contributed by atoms with Crippen molar-refractivity contribution in [2.45, 2.75) is 19.8 Å². The smallest absolute Gasteiger partial charge is 0.295 e. The number of amides is 1. The van der Waals surface area contributed by atoms with E-state index in [0.717, 1.165) is 25.9 Å². The Morgan fingerprint density at radius 2 is 1.89 bits per heavy atom. The maximum atomic E-state index is 12.2. The highest BCUT2D eigenvalue weighted by Gasteiger charge is 2.23. The summed E-state index contributed by atoms with van der Waals surface area (Å²) in [7, 11) is 0. The Bertz CT molecular complexity index is 446. The molecule has 0 aliphatic carbocycles. The van der Waals surface area contributed by atoms with Gasteiger partial charge < -0.3 is 10.2 Å². The van der Waals surface area contributed by atoms with Gasteiger partial charge in [0.2, 0.25) is 5.78 Å². The summed E-state index contributed by atoms with van der Waals surface area (Å²) in [5.74, 6) is -0.780. The van der Waals surface area contributed by atoms with Crippen LogP contribution < -0.4 is 5.32 Å². The fraction of sp³-hybridized carbons (Fsp3) is 0.467. The largest absolute Gasteiger partial charge is 0.334 e. The minimum Gasteiger partial charge on any atom is -0.334 e. The van der Waals surface area contributed by atoms with E-state index in [1.54, 1.807) is 17.0 Å². The summed E-state index contributed by atoms with van der Waals surface area (Å²) in [6.07, 6.45) is 1.83. The molecule has 0 radical (unpaired) electrons. The first-order chi connectivity index (χ1) is 9.22. The first kappa shape index (κ1) is 13.7. The van der Waals surface area contributed by atoms with Crippen molar-refractivity contribution in [1.29, 1.82) is 0 Å². The first-order valence-corrected chi connectivity index (χ1v) is 6.85. The maximum Gasteiger partial charge on any atom is 0.295 e. The molecule has 1 saturated heterocycles. The zero-order valence-corrected chi connectivity index (χ0v) is 11.3. The molecule has 1 aliphatic rings. The Balaban J connectivity index is 2.06. The second kappa shape index (κ2) is 6.48. The number of Topliss-reactive ketones (excluding diaryl/α,β-unsaturated/α-hetero) is 1. The standard InChI is InChI=1S/C15H20N2O2/c1-2-12-4-6-13(7-5-12)14(18)15(19)17-10-3-8-16-9-11-17/h4-7,16H,2-3,8-11H2,1H3. The van der Waals surface area contributed by atoms with Gasteiger partial charge in [-0.15, -0.1) is 0 Å². The number of nitrogens with zero attached hydrogens (tertiary/aromatic N) is 1. The molecule has 0 spiro atoms. The molecule has 1 fully saturated rings. The summed E-state index contributed by atoms with van der Waals surface area (Å²) < 4.78 is 0. The Morgan fingerprint density at radius 1 is 1.16 bits per heavy atom. The van der Waals surface area contributed by atoms with E-state index in [-0.39, 0.29) is 5.91 Å². The van der Waals surface area contributed by atoms with E-state index in [9.17, 15) is 9.59 Å². The quantitative estimate of drug-likeness (QED) is 0.657. The molecule has 4 heteroatoms. The predicted octanol–water partition coefficient (Wildman–Crippen LogP) is 1.25. The highest BCUT2D eigenvalue weighted by Crippen LogP contribution is 2.08. The normalized spacial score (nSPS) is 15.9. The second-order valence-corrected chi connectivity index (χ2v) is 4.78. The van der Waals surface area contributed by atoms with Gasteiger partial charge in [0.15, 0.2) is 0 Å². The Kier molecular flexibility index (Phi) is 4.68. The van der Waals surface area contributed by atoms with E-state index < -0.39 is 5.78 Å². The van der Waals surface area contributed by atoms with Gasteiger partial charge >= 0.3 is 0 Å². The third-order valence-electron chi connectivity index (χ3n) is 3.45. The van der Waals surface area contributed by atoms with Crippen molar-refractivity contribution in [2.75, 3.05) is 26.2 Å². The fourth-order valence-corrected chi connectivity index (χ4v) is 2.21. The van der Waals surface area contributed by atoms with E-state index in [2.05, 4.69) is 12.2 Å². The molecule has 0 bridgehead atoms. The van der Waals surface area contributed by atoms with E-state index in [4.69, 9.17) is 0 Å². The summed E-state index contributed by atoms with van der Waals surface area (Å²) in [6, 6.07) is 7.30. The van der Waals surface area contributed by atoms with Crippen molar-refractivity contribution in [3.05, 3.63) is 35.4 Å². The van der Waals surface area contributed by atoms with Crippen molar-refractivity contribution in [3.8, 4) is 0 Å². The van der Waals surface area contributed by atoms with Crippen LogP contribution in [0.15, 0.2) is 24.3 Å². The molecule has 0 atom stereocenters. The third-order valence-corrected chi connectivity index (χ3v) is 3.45. The van der Waals surface area contributed by atoms with E-state index in [1.165, 1.54) is 5.56 Å². The molecule has 1 aromatic carbocycles. The number of ketones is 1. The molecule has 1 heterocycles. The second-order valence-electron chi connectivity index (χ2n) is 4.78. The first-order valence-electron chi connectivity index (χ1n) is 6.85. The molecule has 0 saturated carbocycles. The number of nitrogens with one attached hydrogen (secondary N) is 1. The third kappa shape index (κ3) is 3.41. The van der Waals surface area contributed by atoms with Gasteiger partial charge in [-0.25, -0.2) is 0 Å². The average molecular weight is 260 g/mol. The molecular weight excluding hydrogens is 240 g/mol. The van der Waals surface area contributed by atoms with Gasteiger partial charge in [-0.2, -0.15) is 0 Å². The number of benzene rings is 1. The van der Waals surface area contributed by atoms with Crippen LogP contribution in [0, 0.1) is 0 Å². The van der Waals surface area contributed by atoms with E-state index in [1.807, 2.05) is 12.1 Å². The summed E-state index contributed by atoms with van der Waals surface area (Å²) in [4.78, 5) is 25.9. The molecule has 1 N–H and O–H groups in total. The lowest BCUT2D eigenvalue weighted by atomic mass is 10.1. The number of carbonyl (C=O) groups is 2. The summed E-state index contributed by atoms with van der Waals surface area (Å²) in [5.41, 5.74) is 1.65. The van der Waals surface area contributed by atoms with Crippen LogP contribution in [-0.2, 0) is 11.2 Å². The van der Waals surface area contributed by atoms with Crippen LogP contribution in [0.4, 0.5) is 0 Å². The van der Waals surface area contributed by atoms with Gasteiger partial charge in [0.1, 0.15) is 0 Å². The van der Waals surface area contributed by atoms with Crippen LogP contribution in [0.2, 0.25) is 0 Å². The molecular formula is C15H20N2O2. The van der Waals surface area contributed by atoms with Crippen LogP contribution in [0.1, 0.15) is 29.3 Å². The molecule has 1 amide bonds. The van der Waals surface area contributed by atoms with Crippen molar-refractivity contribution < 1.29 is 9.59 Å². The number of hydrogen-bond donors (Lipinski definition) is 1. The van der Waals surface area contributed by atoms with Gasteiger partial charge in [-0.3, -0.25) is 9.59 Å². The Labute approximate surface area is 113 Å². The zero-order chi connectivity index (χ0) is 13.7. The highest BCUT2D eigenvalue weighted by atomic mass is 16.2. The van der Waals surface area contributed by atoms with E-state index >= 15 is 0 Å². The molecule has 0 aromatic heterocycles. The SMILES string of the molecule is CCc1ccc(C(=O)C(=O)N2CCCNCC2)cc1. The number of aryl methyl sites for hydroxylation is 1. The average Bonchev–Trinajstić information content (AvgIpc) is 2.75. The van der Waals surface area contributed by atoms with Crippen molar-refractivity contribution in [2.24, 2.45) is 0 Å². The van der Waals surface area contributed by atoms with Gasteiger partial charge in [0, 0.05) is 25.2 Å². The summed E-state index contributed by atoms with van der Waals surface area (Å²) >= 11 is 0. The molecule has 2 rings (SSSR count). The highest BCUT2D eigenvalue weighted by molar-refractivity contribution is 6.42. The van der Waals surface area contributed by atoms with Gasteiger partial charge in [0.05, 0.1) is 0 Å². The van der Waals surface area contributed by atoms with Crippen LogP contribution in [0.25, 0.3) is 0 Å². The van der Waals surface area contributed by atoms with Crippen LogP contribution in [0.5, 0.6) is 0 Å². The fourth-order valence-electron chi connectivity index (χ4n) is 2.21. The topological polar surface area (TPSA) is 49.4 Å². The monoisotopic (exact) mass is 260 g/mol. The lowest BCUT2D eigenvalue weighted by Gasteiger charge is -2.18. The van der Waals surface area contributed by atoms with Crippen LogP contribution in [0.3, 0.4) is 0 Å². The molecule has 1 aliphatic heterocycles. The Morgan fingerprint density at radius 3 is 2.58 bits per heavy atom.